The van der Waals surface area contributed by atoms with Crippen molar-refractivity contribution in [3.05, 3.63) is 30.3 Å². The summed E-state index contributed by atoms with van der Waals surface area (Å²) in [7, 11) is 2.64. The van der Waals surface area contributed by atoms with E-state index in [2.05, 4.69) is 4.74 Å². The smallest absolute Gasteiger partial charge is 0.415 e. The van der Waals surface area contributed by atoms with Gasteiger partial charge in [-0.05, 0) is 12.1 Å². The summed E-state index contributed by atoms with van der Waals surface area (Å²) in [6, 6.07) is 7.64. The first kappa shape index (κ1) is 17.7. The molecule has 0 aromatic heterocycles. The molecule has 8 heteroatoms. The van der Waals surface area contributed by atoms with Gasteiger partial charge in [-0.25, -0.2) is 9.59 Å². The van der Waals surface area contributed by atoms with Crippen LogP contribution in [-0.2, 0) is 14.3 Å². The van der Waals surface area contributed by atoms with Crippen molar-refractivity contribution >= 4 is 18.0 Å². The Balaban J connectivity index is 1.95. The van der Waals surface area contributed by atoms with Gasteiger partial charge in [-0.3, -0.25) is 4.79 Å². The number of amides is 2. The molecule has 0 unspecified atom stereocenters. The normalized spacial score (nSPS) is 19.7. The van der Waals surface area contributed by atoms with Crippen molar-refractivity contribution in [3.63, 3.8) is 0 Å². The molecule has 0 saturated carbocycles. The fourth-order valence-electron chi connectivity index (χ4n) is 2.47. The lowest BCUT2D eigenvalue weighted by Gasteiger charge is -2.25. The Morgan fingerprint density at radius 3 is 2.58 bits per heavy atom. The van der Waals surface area contributed by atoms with Crippen molar-refractivity contribution in [1.82, 2.24) is 9.80 Å². The molecule has 1 aliphatic heterocycles. The molecule has 2 atom stereocenters. The van der Waals surface area contributed by atoms with Crippen LogP contribution in [0.3, 0.4) is 0 Å². The molecular weight excluding hydrogens is 316 g/mol. The first-order valence-corrected chi connectivity index (χ1v) is 7.45. The number of carbonyl (C=O) groups excluding carboxylic acids is 3. The number of ether oxygens (including phenoxy) is 2. The van der Waals surface area contributed by atoms with E-state index in [0.29, 0.717) is 5.75 Å². The molecule has 24 heavy (non-hydrogen) atoms. The molecule has 0 radical (unpaired) electrons. The van der Waals surface area contributed by atoms with Gasteiger partial charge in [0.1, 0.15) is 18.3 Å². The SMILES string of the molecule is COC(=O)[C@H]1C[C@@H](O)CN1C(=O)CN(C)C(=O)Oc1ccccc1. The van der Waals surface area contributed by atoms with E-state index < -0.39 is 30.1 Å². The number of methoxy groups -OCH3 is 1. The third-order valence-corrected chi connectivity index (χ3v) is 3.71. The Bertz CT molecular complexity index is 606. The highest BCUT2D eigenvalue weighted by molar-refractivity contribution is 5.88. The molecule has 2 amide bonds. The van der Waals surface area contributed by atoms with E-state index in [1.54, 1.807) is 30.3 Å². The third kappa shape index (κ3) is 4.23. The van der Waals surface area contributed by atoms with Gasteiger partial charge in [0.15, 0.2) is 0 Å². The predicted molar refractivity (Wildman–Crippen MR) is 83.2 cm³/mol. The Kier molecular flexibility index (Phi) is 5.75. The summed E-state index contributed by atoms with van der Waals surface area (Å²) in [5.41, 5.74) is 0. The van der Waals surface area contributed by atoms with E-state index >= 15 is 0 Å². The van der Waals surface area contributed by atoms with Crippen LogP contribution in [0.2, 0.25) is 0 Å². The highest BCUT2D eigenvalue weighted by Gasteiger charge is 2.40. The minimum absolute atomic E-state index is 0.0279. The summed E-state index contributed by atoms with van der Waals surface area (Å²) >= 11 is 0. The maximum Gasteiger partial charge on any atom is 0.415 e. The number of carbonyl (C=O) groups is 3. The summed E-state index contributed by atoms with van der Waals surface area (Å²) < 4.78 is 9.78. The van der Waals surface area contributed by atoms with Crippen LogP contribution >= 0.6 is 0 Å². The number of esters is 1. The van der Waals surface area contributed by atoms with E-state index in [9.17, 15) is 19.5 Å². The van der Waals surface area contributed by atoms with E-state index in [-0.39, 0.29) is 19.5 Å². The van der Waals surface area contributed by atoms with E-state index in [4.69, 9.17) is 4.74 Å². The first-order chi connectivity index (χ1) is 11.4. The third-order valence-electron chi connectivity index (χ3n) is 3.71. The van der Waals surface area contributed by atoms with Gasteiger partial charge in [0.2, 0.25) is 5.91 Å². The number of hydrogen-bond donors (Lipinski definition) is 1. The van der Waals surface area contributed by atoms with Gasteiger partial charge >= 0.3 is 12.1 Å². The maximum absolute atomic E-state index is 12.3. The molecule has 0 bridgehead atoms. The van der Waals surface area contributed by atoms with Gasteiger partial charge < -0.3 is 24.4 Å². The molecule has 1 aliphatic rings. The largest absolute Gasteiger partial charge is 0.467 e. The van der Waals surface area contributed by atoms with Crippen LogP contribution in [0.4, 0.5) is 4.79 Å². The molecule has 0 spiro atoms. The number of para-hydroxylation sites is 1. The van der Waals surface area contributed by atoms with E-state index in [0.717, 1.165) is 4.90 Å². The minimum atomic E-state index is -0.837. The number of likely N-dealkylation sites (tertiary alicyclic amines) is 1. The van der Waals surface area contributed by atoms with E-state index in [1.807, 2.05) is 0 Å². The molecule has 1 fully saturated rings. The van der Waals surface area contributed by atoms with Gasteiger partial charge in [0.25, 0.3) is 0 Å². The number of likely N-dealkylation sites (N-methyl/N-ethyl adjacent to an activating group) is 1. The van der Waals surface area contributed by atoms with Gasteiger partial charge in [-0.1, -0.05) is 18.2 Å². The van der Waals surface area contributed by atoms with Crippen LogP contribution in [0.25, 0.3) is 0 Å². The Morgan fingerprint density at radius 2 is 1.96 bits per heavy atom. The number of rotatable bonds is 4. The molecule has 1 heterocycles. The van der Waals surface area contributed by atoms with Gasteiger partial charge in [-0.15, -0.1) is 0 Å². The summed E-state index contributed by atoms with van der Waals surface area (Å²) in [5, 5.41) is 9.69. The zero-order valence-corrected chi connectivity index (χ0v) is 13.5. The molecule has 2 rings (SSSR count). The average molecular weight is 336 g/mol. The van der Waals surface area contributed by atoms with E-state index in [1.165, 1.54) is 19.1 Å². The molecule has 1 N–H and O–H groups in total. The van der Waals surface area contributed by atoms with Crippen LogP contribution in [0.1, 0.15) is 6.42 Å². The van der Waals surface area contributed by atoms with Crippen molar-refractivity contribution < 1.29 is 29.0 Å². The number of benzene rings is 1. The van der Waals surface area contributed by atoms with Crippen LogP contribution in [0, 0.1) is 0 Å². The van der Waals surface area contributed by atoms with Crippen molar-refractivity contribution in [2.75, 3.05) is 27.2 Å². The second kappa shape index (κ2) is 7.78. The second-order valence-electron chi connectivity index (χ2n) is 5.51. The van der Waals surface area contributed by atoms with Gasteiger partial charge in [0.05, 0.1) is 13.2 Å². The monoisotopic (exact) mass is 336 g/mol. The highest BCUT2D eigenvalue weighted by atomic mass is 16.6. The predicted octanol–water partition coefficient (Wildman–Crippen LogP) is 0.252. The maximum atomic E-state index is 12.3. The highest BCUT2D eigenvalue weighted by Crippen LogP contribution is 2.19. The van der Waals surface area contributed by atoms with Gasteiger partial charge in [-0.2, -0.15) is 0 Å². The number of nitrogens with zero attached hydrogens (tertiary/aromatic N) is 2. The van der Waals surface area contributed by atoms with Crippen LogP contribution in [-0.4, -0.2) is 72.3 Å². The van der Waals surface area contributed by atoms with Crippen molar-refractivity contribution in [3.8, 4) is 5.75 Å². The lowest BCUT2D eigenvalue weighted by molar-refractivity contribution is -0.151. The fourth-order valence-corrected chi connectivity index (χ4v) is 2.47. The lowest BCUT2D eigenvalue weighted by Crippen LogP contribution is -2.46. The molecule has 1 aromatic carbocycles. The lowest BCUT2D eigenvalue weighted by atomic mass is 10.2. The summed E-state index contributed by atoms with van der Waals surface area (Å²) in [6.45, 7) is -0.244. The van der Waals surface area contributed by atoms with Gasteiger partial charge in [0, 0.05) is 20.0 Å². The Labute approximate surface area is 139 Å². The molecule has 8 nitrogen and oxygen atoms in total. The second-order valence-corrected chi connectivity index (χ2v) is 5.51. The number of hydrogen-bond acceptors (Lipinski definition) is 6. The van der Waals surface area contributed by atoms with Crippen LogP contribution < -0.4 is 4.74 Å². The molecule has 0 aliphatic carbocycles. The zero-order valence-electron chi connectivity index (χ0n) is 13.5. The molecule has 1 saturated heterocycles. The van der Waals surface area contributed by atoms with Crippen LogP contribution in [0.5, 0.6) is 5.75 Å². The van der Waals surface area contributed by atoms with Crippen molar-refractivity contribution in [2.45, 2.75) is 18.6 Å². The van der Waals surface area contributed by atoms with Crippen molar-refractivity contribution in [2.24, 2.45) is 0 Å². The molecule has 1 aromatic rings. The fraction of sp³-hybridized carbons (Fsp3) is 0.438. The number of aliphatic hydroxyl groups excluding tert-OH is 1. The minimum Gasteiger partial charge on any atom is -0.467 e. The average Bonchev–Trinajstić information content (AvgIpc) is 2.97. The standard InChI is InChI=1S/C16H20N2O6/c1-17(16(22)24-12-6-4-3-5-7-12)10-14(20)18-9-11(19)8-13(18)15(21)23-2/h3-7,11,13,19H,8-10H2,1-2H3/t11-,13-/m1/s1. The Hall–Kier alpha value is -2.61. The Morgan fingerprint density at radius 1 is 1.29 bits per heavy atom. The summed E-state index contributed by atoms with van der Waals surface area (Å²) in [4.78, 5) is 38.4. The number of aliphatic hydroxyl groups is 1. The topological polar surface area (TPSA) is 96.4 Å². The summed E-state index contributed by atoms with van der Waals surface area (Å²) in [6.07, 6.45) is -1.36. The zero-order chi connectivity index (χ0) is 17.7. The number of β-amino-alcohol motifs (C(OH)–C–C–N with tert-alkyl or cyclic N) is 1. The molecular formula is C16H20N2O6. The molecule has 130 valence electrons. The van der Waals surface area contributed by atoms with Crippen LogP contribution in [0.15, 0.2) is 30.3 Å². The first-order valence-electron chi connectivity index (χ1n) is 7.45. The summed E-state index contributed by atoms with van der Waals surface area (Å²) in [5.74, 6) is -0.685. The van der Waals surface area contributed by atoms with Crippen molar-refractivity contribution in [1.29, 1.82) is 0 Å². The quantitative estimate of drug-likeness (QED) is 0.792.